The summed E-state index contributed by atoms with van der Waals surface area (Å²) in [7, 11) is 0. The normalized spacial score (nSPS) is 29.1. The summed E-state index contributed by atoms with van der Waals surface area (Å²) in [5, 5.41) is 18.7. The van der Waals surface area contributed by atoms with Crippen molar-refractivity contribution in [3.8, 4) is 0 Å². The first-order valence-electron chi connectivity index (χ1n) is 6.74. The number of hydrogen-bond donors (Lipinski definition) is 2. The molecule has 0 aliphatic heterocycles. The Morgan fingerprint density at radius 1 is 1.19 bits per heavy atom. The molecule has 0 bridgehead atoms. The van der Waals surface area contributed by atoms with Crippen molar-refractivity contribution in [2.45, 2.75) is 65.4 Å². The van der Waals surface area contributed by atoms with Crippen LogP contribution in [0.25, 0.3) is 0 Å². The Bertz CT molecular complexity index is 195. The van der Waals surface area contributed by atoms with Gasteiger partial charge < -0.3 is 10.2 Å². The summed E-state index contributed by atoms with van der Waals surface area (Å²) in [4.78, 5) is 0. The van der Waals surface area contributed by atoms with E-state index in [1.807, 2.05) is 0 Å². The molecule has 16 heavy (non-hydrogen) atoms. The topological polar surface area (TPSA) is 40.5 Å². The molecule has 3 unspecified atom stereocenters. The van der Waals surface area contributed by atoms with E-state index < -0.39 is 0 Å². The molecule has 1 aliphatic rings. The highest BCUT2D eigenvalue weighted by Crippen LogP contribution is 2.43. The zero-order valence-corrected chi connectivity index (χ0v) is 11.1. The first kappa shape index (κ1) is 14.0. The fraction of sp³-hybridized carbons (Fsp3) is 1.00. The Morgan fingerprint density at radius 2 is 1.81 bits per heavy atom. The van der Waals surface area contributed by atoms with Gasteiger partial charge in [-0.25, -0.2) is 0 Å². The van der Waals surface area contributed by atoms with Gasteiger partial charge in [-0.1, -0.05) is 40.0 Å². The maximum absolute atomic E-state index is 9.82. The fourth-order valence-electron chi connectivity index (χ4n) is 3.25. The van der Waals surface area contributed by atoms with Crippen LogP contribution in [-0.4, -0.2) is 22.9 Å². The van der Waals surface area contributed by atoms with Gasteiger partial charge in [0, 0.05) is 6.61 Å². The molecule has 3 atom stereocenters. The van der Waals surface area contributed by atoms with Crippen LogP contribution in [0, 0.1) is 17.3 Å². The first-order valence-corrected chi connectivity index (χ1v) is 6.74. The minimum atomic E-state index is -0.307. The predicted molar refractivity (Wildman–Crippen MR) is 67.2 cm³/mol. The minimum absolute atomic E-state index is 0.105. The summed E-state index contributed by atoms with van der Waals surface area (Å²) in [5.74, 6) is 1.38. The largest absolute Gasteiger partial charge is 0.396 e. The lowest BCUT2D eigenvalue weighted by atomic mass is 9.65. The average molecular weight is 228 g/mol. The van der Waals surface area contributed by atoms with E-state index in [0.717, 1.165) is 12.3 Å². The molecular weight excluding hydrogens is 200 g/mol. The molecule has 1 saturated carbocycles. The van der Waals surface area contributed by atoms with Gasteiger partial charge in [0.25, 0.3) is 0 Å². The fourth-order valence-corrected chi connectivity index (χ4v) is 3.25. The monoisotopic (exact) mass is 228 g/mol. The van der Waals surface area contributed by atoms with Crippen LogP contribution < -0.4 is 0 Å². The highest BCUT2D eigenvalue weighted by atomic mass is 16.3. The number of aliphatic hydroxyl groups is 2. The first-order chi connectivity index (χ1) is 7.45. The highest BCUT2D eigenvalue weighted by molar-refractivity contribution is 4.85. The summed E-state index contributed by atoms with van der Waals surface area (Å²) >= 11 is 0. The molecule has 1 aliphatic carbocycles. The van der Waals surface area contributed by atoms with Crippen molar-refractivity contribution in [1.82, 2.24) is 0 Å². The molecule has 2 N–H and O–H groups in total. The van der Waals surface area contributed by atoms with Gasteiger partial charge in [-0.2, -0.15) is 0 Å². The van der Waals surface area contributed by atoms with E-state index >= 15 is 0 Å². The molecule has 0 heterocycles. The lowest BCUT2D eigenvalue weighted by Gasteiger charge is -2.41. The summed E-state index contributed by atoms with van der Waals surface area (Å²) in [6, 6.07) is 0. The molecule has 0 aromatic heterocycles. The second-order valence-electron chi connectivity index (χ2n) is 6.42. The minimum Gasteiger partial charge on any atom is -0.396 e. The third-order valence-corrected chi connectivity index (χ3v) is 4.06. The molecule has 1 fully saturated rings. The number of aliphatic hydroxyl groups excluding tert-OH is 2. The smallest absolute Gasteiger partial charge is 0.0564 e. The van der Waals surface area contributed by atoms with Crippen LogP contribution in [0.4, 0.5) is 0 Å². The van der Waals surface area contributed by atoms with E-state index in [1.54, 1.807) is 0 Å². The van der Waals surface area contributed by atoms with Crippen molar-refractivity contribution in [3.63, 3.8) is 0 Å². The average Bonchev–Trinajstić information content (AvgIpc) is 2.17. The molecule has 0 radical (unpaired) electrons. The van der Waals surface area contributed by atoms with Gasteiger partial charge >= 0.3 is 0 Å². The lowest BCUT2D eigenvalue weighted by molar-refractivity contribution is 0.0458. The quantitative estimate of drug-likeness (QED) is 0.776. The SMILES string of the molecule is CC(C)(C)C1CCCCC1CC(O)CCO. The predicted octanol–water partition coefficient (Wildman–Crippen LogP) is 2.97. The lowest BCUT2D eigenvalue weighted by Crippen LogP contribution is -2.33. The van der Waals surface area contributed by atoms with Crippen LogP contribution in [0.15, 0.2) is 0 Å². The maximum Gasteiger partial charge on any atom is 0.0564 e. The van der Waals surface area contributed by atoms with Gasteiger partial charge in [-0.3, -0.25) is 0 Å². The van der Waals surface area contributed by atoms with Gasteiger partial charge in [0.05, 0.1) is 6.10 Å². The van der Waals surface area contributed by atoms with E-state index in [0.29, 0.717) is 17.8 Å². The Balaban J connectivity index is 2.53. The van der Waals surface area contributed by atoms with Crippen molar-refractivity contribution < 1.29 is 10.2 Å². The van der Waals surface area contributed by atoms with E-state index in [-0.39, 0.29) is 12.7 Å². The molecule has 1 rings (SSSR count). The van der Waals surface area contributed by atoms with Gasteiger partial charge in [0.1, 0.15) is 0 Å². The number of hydrogen-bond acceptors (Lipinski definition) is 2. The zero-order valence-electron chi connectivity index (χ0n) is 11.1. The Hall–Kier alpha value is -0.0800. The van der Waals surface area contributed by atoms with E-state index in [2.05, 4.69) is 20.8 Å². The van der Waals surface area contributed by atoms with Crippen molar-refractivity contribution in [1.29, 1.82) is 0 Å². The second kappa shape index (κ2) is 6.02. The Morgan fingerprint density at radius 3 is 2.38 bits per heavy atom. The Kier molecular flexibility index (Phi) is 5.26. The molecule has 2 nitrogen and oxygen atoms in total. The van der Waals surface area contributed by atoms with E-state index in [9.17, 15) is 5.11 Å². The summed E-state index contributed by atoms with van der Waals surface area (Å²) < 4.78 is 0. The summed E-state index contributed by atoms with van der Waals surface area (Å²) in [6.45, 7) is 7.05. The third kappa shape index (κ3) is 4.06. The van der Waals surface area contributed by atoms with Crippen LogP contribution in [0.2, 0.25) is 0 Å². The highest BCUT2D eigenvalue weighted by Gasteiger charge is 2.34. The molecular formula is C14H28O2. The summed E-state index contributed by atoms with van der Waals surface area (Å²) in [5.41, 5.74) is 0.351. The van der Waals surface area contributed by atoms with Crippen molar-refractivity contribution in [3.05, 3.63) is 0 Å². The van der Waals surface area contributed by atoms with Gasteiger partial charge in [-0.15, -0.1) is 0 Å². The maximum atomic E-state index is 9.82. The molecule has 0 spiro atoms. The summed E-state index contributed by atoms with van der Waals surface area (Å²) in [6.07, 6.45) is 6.32. The van der Waals surface area contributed by atoms with Crippen molar-refractivity contribution in [2.24, 2.45) is 17.3 Å². The van der Waals surface area contributed by atoms with Crippen LogP contribution in [-0.2, 0) is 0 Å². The molecule has 0 aromatic rings. The molecule has 0 saturated heterocycles. The van der Waals surface area contributed by atoms with Gasteiger partial charge in [0.15, 0.2) is 0 Å². The van der Waals surface area contributed by atoms with Gasteiger partial charge in [-0.05, 0) is 36.5 Å². The van der Waals surface area contributed by atoms with Crippen molar-refractivity contribution in [2.75, 3.05) is 6.61 Å². The van der Waals surface area contributed by atoms with Crippen LogP contribution in [0.5, 0.6) is 0 Å². The van der Waals surface area contributed by atoms with Crippen LogP contribution in [0.3, 0.4) is 0 Å². The van der Waals surface area contributed by atoms with E-state index in [4.69, 9.17) is 5.11 Å². The number of rotatable bonds is 4. The Labute approximate surface area is 100 Å². The van der Waals surface area contributed by atoms with Crippen LogP contribution in [0.1, 0.15) is 59.3 Å². The van der Waals surface area contributed by atoms with Crippen molar-refractivity contribution >= 4 is 0 Å². The second-order valence-corrected chi connectivity index (χ2v) is 6.42. The molecule has 96 valence electrons. The zero-order chi connectivity index (χ0) is 12.2. The van der Waals surface area contributed by atoms with E-state index in [1.165, 1.54) is 25.7 Å². The molecule has 0 aromatic carbocycles. The standard InChI is InChI=1S/C14H28O2/c1-14(2,3)13-7-5-4-6-11(13)10-12(16)8-9-15/h11-13,15-16H,4-10H2,1-3H3. The van der Waals surface area contributed by atoms with Crippen LogP contribution >= 0.6 is 0 Å². The molecule has 0 amide bonds. The molecule has 2 heteroatoms. The third-order valence-electron chi connectivity index (χ3n) is 4.06. The van der Waals surface area contributed by atoms with Gasteiger partial charge in [0.2, 0.25) is 0 Å².